The fourth-order valence-corrected chi connectivity index (χ4v) is 3.94. The van der Waals surface area contributed by atoms with Crippen molar-refractivity contribution in [2.75, 3.05) is 13.1 Å². The molecule has 1 heterocycles. The zero-order valence-electron chi connectivity index (χ0n) is 12.6. The molecule has 2 atom stereocenters. The summed E-state index contributed by atoms with van der Waals surface area (Å²) in [6.07, 6.45) is 13.8. The lowest BCUT2D eigenvalue weighted by Crippen LogP contribution is -2.26. The van der Waals surface area contributed by atoms with Crippen molar-refractivity contribution in [3.05, 3.63) is 0 Å². The van der Waals surface area contributed by atoms with E-state index in [0.29, 0.717) is 5.41 Å². The smallest absolute Gasteiger partial charge is 0.0278 e. The highest BCUT2D eigenvalue weighted by Gasteiger charge is 2.47. The molecule has 19 heavy (non-hydrogen) atoms. The van der Waals surface area contributed by atoms with Gasteiger partial charge < -0.3 is 0 Å². The fraction of sp³-hybridized carbons (Fsp3) is 0.889. The second-order valence-corrected chi connectivity index (χ2v) is 7.31. The van der Waals surface area contributed by atoms with E-state index in [1.807, 2.05) is 0 Å². The molecular weight excluding hydrogens is 230 g/mol. The highest BCUT2D eigenvalue weighted by atomic mass is 15.3. The third-order valence-corrected chi connectivity index (χ3v) is 5.82. The summed E-state index contributed by atoms with van der Waals surface area (Å²) in [6, 6.07) is 0.873. The van der Waals surface area contributed by atoms with Gasteiger partial charge in [0.1, 0.15) is 0 Å². The zero-order valence-corrected chi connectivity index (χ0v) is 12.6. The van der Waals surface area contributed by atoms with Crippen LogP contribution in [0.4, 0.5) is 0 Å². The minimum Gasteiger partial charge on any atom is -0.297 e. The quantitative estimate of drug-likeness (QED) is 0.392. The third kappa shape index (κ3) is 3.34. The van der Waals surface area contributed by atoms with E-state index >= 15 is 0 Å². The van der Waals surface area contributed by atoms with Crippen molar-refractivity contribution >= 4 is 0 Å². The minimum atomic E-state index is 0.546. The monoisotopic (exact) mass is 259 g/mol. The molecule has 1 saturated carbocycles. The van der Waals surface area contributed by atoms with Gasteiger partial charge in [-0.15, -0.1) is 11.8 Å². The first-order chi connectivity index (χ1) is 9.28. The second-order valence-electron chi connectivity index (χ2n) is 7.31. The minimum absolute atomic E-state index is 0.546. The molecule has 2 unspecified atom stereocenters. The molecule has 0 amide bonds. The molecule has 3 aliphatic rings. The van der Waals surface area contributed by atoms with Crippen LogP contribution in [0.3, 0.4) is 0 Å². The molecule has 0 aromatic rings. The molecule has 2 fully saturated rings. The van der Waals surface area contributed by atoms with Crippen molar-refractivity contribution in [2.24, 2.45) is 11.3 Å². The topological polar surface area (TPSA) is 3.01 Å². The first-order valence-electron chi connectivity index (χ1n) is 8.48. The first kappa shape index (κ1) is 13.5. The number of nitrogens with zero attached hydrogens (tertiary/aromatic N) is 1. The molecule has 1 heteroatoms. The van der Waals surface area contributed by atoms with Crippen LogP contribution in [0.5, 0.6) is 0 Å². The van der Waals surface area contributed by atoms with Gasteiger partial charge >= 0.3 is 0 Å². The Bertz CT molecular complexity index is 346. The van der Waals surface area contributed by atoms with Gasteiger partial charge in [-0.05, 0) is 37.1 Å². The maximum atomic E-state index is 3.31. The zero-order chi connectivity index (χ0) is 13.1. The van der Waals surface area contributed by atoms with Crippen molar-refractivity contribution in [2.45, 2.75) is 77.2 Å². The summed E-state index contributed by atoms with van der Waals surface area (Å²) in [5.74, 6) is 7.72. The van der Waals surface area contributed by atoms with Crippen molar-refractivity contribution < 1.29 is 0 Å². The van der Waals surface area contributed by atoms with Gasteiger partial charge in [-0.3, -0.25) is 4.90 Å². The molecule has 2 aliphatic carbocycles. The van der Waals surface area contributed by atoms with E-state index in [0.717, 1.165) is 24.8 Å². The Morgan fingerprint density at radius 2 is 1.84 bits per heavy atom. The Morgan fingerprint density at radius 1 is 1.11 bits per heavy atom. The van der Waals surface area contributed by atoms with Gasteiger partial charge in [0.2, 0.25) is 0 Å². The summed E-state index contributed by atoms with van der Waals surface area (Å²) in [6.45, 7) is 5.22. The highest BCUT2D eigenvalue weighted by Crippen LogP contribution is 2.43. The van der Waals surface area contributed by atoms with Gasteiger partial charge in [-0.25, -0.2) is 0 Å². The standard InChI is InChI=1S/C18H29N/c1-18(12-5-2-3-6-13-18)17-15-19(17)14-7-4-9-16-10-8-11-16/h16-17H,4-15H2,1H3. The van der Waals surface area contributed by atoms with Crippen LogP contribution in [0.25, 0.3) is 0 Å². The van der Waals surface area contributed by atoms with E-state index in [2.05, 4.69) is 23.7 Å². The third-order valence-electron chi connectivity index (χ3n) is 5.82. The predicted octanol–water partition coefficient (Wildman–Crippen LogP) is 4.22. The summed E-state index contributed by atoms with van der Waals surface area (Å²) in [5.41, 5.74) is 0.546. The van der Waals surface area contributed by atoms with Crippen molar-refractivity contribution in [3.8, 4) is 11.8 Å². The van der Waals surface area contributed by atoms with Gasteiger partial charge in [-0.2, -0.15) is 0 Å². The highest BCUT2D eigenvalue weighted by molar-refractivity contribution is 5.09. The average Bonchev–Trinajstić information content (AvgIpc) is 3.12. The Hall–Kier alpha value is -0.480. The van der Waals surface area contributed by atoms with Crippen LogP contribution in [-0.2, 0) is 0 Å². The van der Waals surface area contributed by atoms with E-state index in [-0.39, 0.29) is 0 Å². The Kier molecular flexibility index (Phi) is 4.18. The molecule has 1 aliphatic heterocycles. The number of unbranched alkanes of at least 4 members (excludes halogenated alkanes) is 1. The van der Waals surface area contributed by atoms with Crippen molar-refractivity contribution in [1.29, 1.82) is 0 Å². The fourth-order valence-electron chi connectivity index (χ4n) is 3.94. The Balaban J connectivity index is 1.33. The van der Waals surface area contributed by atoms with Crippen LogP contribution in [0.15, 0.2) is 0 Å². The number of hydrogen-bond acceptors (Lipinski definition) is 1. The molecule has 0 radical (unpaired) electrons. The molecule has 106 valence electrons. The van der Waals surface area contributed by atoms with Crippen LogP contribution in [-0.4, -0.2) is 24.0 Å². The molecule has 1 nitrogen and oxygen atoms in total. The maximum Gasteiger partial charge on any atom is 0.0278 e. The maximum absolute atomic E-state index is 3.31. The van der Waals surface area contributed by atoms with Gasteiger partial charge in [0.25, 0.3) is 0 Å². The van der Waals surface area contributed by atoms with Gasteiger partial charge in [-0.1, -0.05) is 39.0 Å². The van der Waals surface area contributed by atoms with Crippen molar-refractivity contribution in [1.82, 2.24) is 4.90 Å². The Morgan fingerprint density at radius 3 is 2.47 bits per heavy atom. The molecule has 0 spiro atoms. The number of hydrogen-bond donors (Lipinski definition) is 0. The summed E-state index contributed by atoms with van der Waals surface area (Å²) < 4.78 is 0. The molecule has 0 N–H and O–H groups in total. The number of rotatable bonds is 6. The summed E-state index contributed by atoms with van der Waals surface area (Å²) >= 11 is 0. The molecule has 0 aromatic carbocycles. The summed E-state index contributed by atoms with van der Waals surface area (Å²) in [4.78, 5) is 2.73. The van der Waals surface area contributed by atoms with Crippen LogP contribution >= 0.6 is 0 Å². The summed E-state index contributed by atoms with van der Waals surface area (Å²) in [7, 11) is 0. The van der Waals surface area contributed by atoms with Crippen LogP contribution < -0.4 is 0 Å². The lowest BCUT2D eigenvalue weighted by Gasteiger charge is -2.28. The van der Waals surface area contributed by atoms with Crippen molar-refractivity contribution in [3.63, 3.8) is 0 Å². The van der Waals surface area contributed by atoms with E-state index in [1.165, 1.54) is 64.5 Å². The van der Waals surface area contributed by atoms with Gasteiger partial charge in [0.15, 0.2) is 0 Å². The second kappa shape index (κ2) is 5.88. The molecule has 0 bridgehead atoms. The first-order valence-corrected chi connectivity index (χ1v) is 8.48. The van der Waals surface area contributed by atoms with E-state index < -0.39 is 0 Å². The van der Waals surface area contributed by atoms with E-state index in [1.54, 1.807) is 0 Å². The average molecular weight is 259 g/mol. The molecular formula is C18H29N. The van der Waals surface area contributed by atoms with Gasteiger partial charge in [0.05, 0.1) is 0 Å². The largest absolute Gasteiger partial charge is 0.297 e. The van der Waals surface area contributed by atoms with Crippen LogP contribution in [0, 0.1) is 23.2 Å². The summed E-state index contributed by atoms with van der Waals surface area (Å²) in [5, 5.41) is 0. The van der Waals surface area contributed by atoms with Crippen LogP contribution in [0.1, 0.15) is 71.1 Å². The molecule has 3 rings (SSSR count). The lowest BCUT2D eigenvalue weighted by molar-refractivity contribution is 0.231. The Labute approximate surface area is 119 Å². The molecule has 0 aromatic heterocycles. The lowest BCUT2D eigenvalue weighted by atomic mass is 9.79. The molecule has 1 saturated heterocycles. The van der Waals surface area contributed by atoms with E-state index in [4.69, 9.17) is 0 Å². The van der Waals surface area contributed by atoms with E-state index in [9.17, 15) is 0 Å². The SMILES string of the molecule is CC1(C2CN2CCCCC2CCC2)CCC#CCC1. The van der Waals surface area contributed by atoms with Gasteiger partial charge in [0, 0.05) is 25.4 Å². The van der Waals surface area contributed by atoms with Crippen LogP contribution in [0.2, 0.25) is 0 Å². The normalized spacial score (nSPS) is 32.9. The predicted molar refractivity (Wildman–Crippen MR) is 80.9 cm³/mol.